The van der Waals surface area contributed by atoms with Gasteiger partial charge in [0.25, 0.3) is 10.0 Å². The molecule has 23 heavy (non-hydrogen) atoms. The van der Waals surface area contributed by atoms with Gasteiger partial charge in [-0.2, -0.15) is 0 Å². The second kappa shape index (κ2) is 6.90. The van der Waals surface area contributed by atoms with Gasteiger partial charge < -0.3 is 4.74 Å². The van der Waals surface area contributed by atoms with Gasteiger partial charge in [-0.1, -0.05) is 27.5 Å². The third-order valence-corrected chi connectivity index (χ3v) is 5.66. The summed E-state index contributed by atoms with van der Waals surface area (Å²) in [4.78, 5) is 11.7. The Morgan fingerprint density at radius 3 is 2.52 bits per heavy atom. The van der Waals surface area contributed by atoms with Crippen molar-refractivity contribution in [1.82, 2.24) is 0 Å². The van der Waals surface area contributed by atoms with Gasteiger partial charge in [0.15, 0.2) is 0 Å². The van der Waals surface area contributed by atoms with E-state index in [1.165, 1.54) is 31.4 Å². The average molecular weight is 419 g/mol. The van der Waals surface area contributed by atoms with E-state index in [4.69, 9.17) is 11.6 Å². The van der Waals surface area contributed by atoms with Crippen LogP contribution in [0.4, 0.5) is 5.69 Å². The second-order valence-corrected chi connectivity index (χ2v) is 7.65. The number of hydrogen-bond donors (Lipinski definition) is 1. The fraction of sp³-hybridized carbons (Fsp3) is 0.133. The van der Waals surface area contributed by atoms with Crippen LogP contribution in [0.1, 0.15) is 15.9 Å². The predicted octanol–water partition coefficient (Wildman–Crippen LogP) is 4.00. The summed E-state index contributed by atoms with van der Waals surface area (Å²) in [6.45, 7) is 1.79. The summed E-state index contributed by atoms with van der Waals surface area (Å²) >= 11 is 9.24. The van der Waals surface area contributed by atoms with Crippen molar-refractivity contribution in [2.75, 3.05) is 11.8 Å². The van der Waals surface area contributed by atoms with Gasteiger partial charge in [0.05, 0.1) is 22.6 Å². The highest BCUT2D eigenvalue weighted by atomic mass is 79.9. The number of carbonyl (C=O) groups is 1. The van der Waals surface area contributed by atoms with Crippen LogP contribution in [0.3, 0.4) is 0 Å². The maximum atomic E-state index is 12.4. The van der Waals surface area contributed by atoms with E-state index in [-0.39, 0.29) is 21.2 Å². The molecule has 0 saturated heterocycles. The third-order valence-electron chi connectivity index (χ3n) is 3.06. The van der Waals surface area contributed by atoms with Crippen molar-refractivity contribution < 1.29 is 17.9 Å². The van der Waals surface area contributed by atoms with Crippen LogP contribution in [0, 0.1) is 6.92 Å². The van der Waals surface area contributed by atoms with Crippen molar-refractivity contribution in [3.8, 4) is 0 Å². The van der Waals surface area contributed by atoms with E-state index in [1.54, 1.807) is 19.1 Å². The van der Waals surface area contributed by atoms with Gasteiger partial charge in [-0.3, -0.25) is 4.72 Å². The van der Waals surface area contributed by atoms with Crippen LogP contribution in [0.25, 0.3) is 0 Å². The van der Waals surface area contributed by atoms with E-state index in [2.05, 4.69) is 25.4 Å². The first-order valence-corrected chi connectivity index (χ1v) is 9.07. The molecule has 0 heterocycles. The van der Waals surface area contributed by atoms with Crippen LogP contribution in [0.15, 0.2) is 45.8 Å². The Labute approximate surface area is 147 Å². The zero-order valence-electron chi connectivity index (χ0n) is 12.3. The Balaban J connectivity index is 2.37. The molecule has 0 bridgehead atoms. The van der Waals surface area contributed by atoms with Crippen LogP contribution >= 0.6 is 27.5 Å². The molecule has 0 atom stereocenters. The molecule has 0 saturated carbocycles. The molecule has 0 unspecified atom stereocenters. The van der Waals surface area contributed by atoms with Gasteiger partial charge in [-0.15, -0.1) is 0 Å². The molecular weight excluding hydrogens is 406 g/mol. The number of nitrogens with one attached hydrogen (secondary N) is 1. The molecule has 2 aromatic rings. The topological polar surface area (TPSA) is 72.5 Å². The van der Waals surface area contributed by atoms with E-state index < -0.39 is 16.0 Å². The smallest absolute Gasteiger partial charge is 0.339 e. The van der Waals surface area contributed by atoms with E-state index >= 15 is 0 Å². The van der Waals surface area contributed by atoms with Gasteiger partial charge in [0.1, 0.15) is 0 Å². The average Bonchev–Trinajstić information content (AvgIpc) is 2.50. The highest BCUT2D eigenvalue weighted by Crippen LogP contribution is 2.25. The second-order valence-electron chi connectivity index (χ2n) is 4.70. The number of halogens is 2. The van der Waals surface area contributed by atoms with E-state index in [9.17, 15) is 13.2 Å². The number of esters is 1. The van der Waals surface area contributed by atoms with Crippen molar-refractivity contribution in [2.24, 2.45) is 0 Å². The van der Waals surface area contributed by atoms with Crippen LogP contribution in [0.5, 0.6) is 0 Å². The number of anilines is 1. The zero-order valence-corrected chi connectivity index (χ0v) is 15.4. The van der Waals surface area contributed by atoms with Crippen LogP contribution in [-0.4, -0.2) is 21.5 Å². The highest BCUT2D eigenvalue weighted by Gasteiger charge is 2.17. The molecule has 2 aromatic carbocycles. The summed E-state index contributed by atoms with van der Waals surface area (Å²) in [5, 5.41) is 0.180. The highest BCUT2D eigenvalue weighted by molar-refractivity contribution is 9.10. The molecule has 0 fully saturated rings. The number of benzene rings is 2. The molecule has 1 N–H and O–H groups in total. The fourth-order valence-electron chi connectivity index (χ4n) is 1.85. The molecule has 0 aromatic heterocycles. The third kappa shape index (κ3) is 4.04. The monoisotopic (exact) mass is 417 g/mol. The summed E-state index contributed by atoms with van der Waals surface area (Å²) in [6, 6.07) is 8.92. The fourth-order valence-corrected chi connectivity index (χ4v) is 3.43. The maximum absolute atomic E-state index is 12.4. The zero-order chi connectivity index (χ0) is 17.2. The number of aryl methyl sites for hydroxylation is 1. The van der Waals surface area contributed by atoms with E-state index in [0.29, 0.717) is 0 Å². The van der Waals surface area contributed by atoms with Crippen molar-refractivity contribution in [1.29, 1.82) is 0 Å². The standard InChI is InChI=1S/C15H13BrClNO4S/c1-9-7-11(4-5-13(9)16)23(20,21)18-10-3-6-14(17)12(8-10)15(19)22-2/h3-8,18H,1-2H3. The molecular formula is C15H13BrClNO4S. The quantitative estimate of drug-likeness (QED) is 0.762. The Kier molecular flexibility index (Phi) is 5.33. The number of sulfonamides is 1. The van der Waals surface area contributed by atoms with Crippen molar-refractivity contribution in [2.45, 2.75) is 11.8 Å². The van der Waals surface area contributed by atoms with E-state index in [0.717, 1.165) is 10.0 Å². The minimum Gasteiger partial charge on any atom is -0.465 e. The number of hydrogen-bond acceptors (Lipinski definition) is 4. The lowest BCUT2D eigenvalue weighted by atomic mass is 10.2. The number of methoxy groups -OCH3 is 1. The normalized spacial score (nSPS) is 11.1. The van der Waals surface area contributed by atoms with Gasteiger partial charge in [-0.25, -0.2) is 13.2 Å². The molecule has 0 aliphatic carbocycles. The lowest BCUT2D eigenvalue weighted by Gasteiger charge is -2.11. The van der Waals surface area contributed by atoms with Gasteiger partial charge in [0, 0.05) is 10.2 Å². The van der Waals surface area contributed by atoms with Gasteiger partial charge >= 0.3 is 5.97 Å². The summed E-state index contributed by atoms with van der Waals surface area (Å²) in [7, 11) is -2.56. The van der Waals surface area contributed by atoms with Crippen LogP contribution < -0.4 is 4.72 Å². The van der Waals surface area contributed by atoms with Crippen molar-refractivity contribution >= 4 is 49.2 Å². The minimum atomic E-state index is -3.78. The first kappa shape index (κ1) is 17.8. The largest absolute Gasteiger partial charge is 0.465 e. The molecule has 122 valence electrons. The Morgan fingerprint density at radius 1 is 1.22 bits per heavy atom. The molecule has 0 radical (unpaired) electrons. The molecule has 0 amide bonds. The molecule has 2 rings (SSSR count). The maximum Gasteiger partial charge on any atom is 0.339 e. The van der Waals surface area contributed by atoms with E-state index in [1.807, 2.05) is 0 Å². The summed E-state index contributed by atoms with van der Waals surface area (Å²) in [6.07, 6.45) is 0. The summed E-state index contributed by atoms with van der Waals surface area (Å²) in [5.41, 5.74) is 1.09. The number of rotatable bonds is 4. The van der Waals surface area contributed by atoms with Crippen LogP contribution in [0.2, 0.25) is 5.02 Å². The summed E-state index contributed by atoms with van der Waals surface area (Å²) < 4.78 is 32.7. The lowest BCUT2D eigenvalue weighted by molar-refractivity contribution is 0.0601. The lowest BCUT2D eigenvalue weighted by Crippen LogP contribution is -2.14. The first-order valence-electron chi connectivity index (χ1n) is 6.41. The Hall–Kier alpha value is -1.57. The molecule has 0 aliphatic rings. The van der Waals surface area contributed by atoms with Crippen molar-refractivity contribution in [3.05, 3.63) is 57.0 Å². The molecule has 5 nitrogen and oxygen atoms in total. The SMILES string of the molecule is COC(=O)c1cc(NS(=O)(=O)c2ccc(Br)c(C)c2)ccc1Cl. The minimum absolute atomic E-state index is 0.0846. The first-order chi connectivity index (χ1) is 10.7. The van der Waals surface area contributed by atoms with Gasteiger partial charge in [0.2, 0.25) is 0 Å². The molecule has 0 spiro atoms. The van der Waals surface area contributed by atoms with Crippen molar-refractivity contribution in [3.63, 3.8) is 0 Å². The predicted molar refractivity (Wildman–Crippen MR) is 92.5 cm³/mol. The molecule has 8 heteroatoms. The Morgan fingerprint density at radius 2 is 1.91 bits per heavy atom. The number of carbonyl (C=O) groups excluding carboxylic acids is 1. The molecule has 0 aliphatic heterocycles. The van der Waals surface area contributed by atoms with Crippen LogP contribution in [-0.2, 0) is 14.8 Å². The Bertz CT molecular complexity index is 868. The van der Waals surface area contributed by atoms with Gasteiger partial charge in [-0.05, 0) is 48.9 Å². The summed E-state index contributed by atoms with van der Waals surface area (Å²) in [5.74, 6) is -0.643. The number of ether oxygens (including phenoxy) is 1.